The molecule has 1 amide bonds. The molecule has 1 atom stereocenters. The largest absolute Gasteiger partial charge is 0.380 e. The summed E-state index contributed by atoms with van der Waals surface area (Å²) in [5.41, 5.74) is 0. The third kappa shape index (κ3) is 3.80. The molecule has 4 nitrogen and oxygen atoms in total. The molecule has 0 bridgehead atoms. The number of hydrogen-bond donors (Lipinski definition) is 2. The number of amides is 1. The zero-order valence-electron chi connectivity index (χ0n) is 9.88. The second-order valence-electron chi connectivity index (χ2n) is 4.37. The van der Waals surface area contributed by atoms with Gasteiger partial charge in [-0.1, -0.05) is 13.8 Å². The van der Waals surface area contributed by atoms with Crippen molar-refractivity contribution >= 4 is 5.91 Å². The van der Waals surface area contributed by atoms with E-state index in [9.17, 15) is 4.79 Å². The highest BCUT2D eigenvalue weighted by Crippen LogP contribution is 2.07. The van der Waals surface area contributed by atoms with Gasteiger partial charge in [0, 0.05) is 19.7 Å². The zero-order chi connectivity index (χ0) is 11.3. The van der Waals surface area contributed by atoms with Gasteiger partial charge in [-0.05, 0) is 12.8 Å². The lowest BCUT2D eigenvalue weighted by atomic mass is 10.00. The Bertz CT molecular complexity index is 203. The summed E-state index contributed by atoms with van der Waals surface area (Å²) < 4.78 is 5.36. The average Bonchev–Trinajstić information content (AvgIpc) is 2.08. The number of carbonyl (C=O) groups is 1. The average molecular weight is 214 g/mol. The maximum atomic E-state index is 11.7. The molecule has 4 heteroatoms. The minimum absolute atomic E-state index is 0.137. The van der Waals surface area contributed by atoms with Gasteiger partial charge in [0.25, 0.3) is 0 Å². The third-order valence-corrected chi connectivity index (χ3v) is 2.79. The maximum Gasteiger partial charge on any atom is 0.225 e. The molecule has 0 aromatic rings. The van der Waals surface area contributed by atoms with Gasteiger partial charge in [-0.3, -0.25) is 4.79 Å². The summed E-state index contributed by atoms with van der Waals surface area (Å²) >= 11 is 0. The van der Waals surface area contributed by atoms with Crippen LogP contribution in [0.15, 0.2) is 0 Å². The molecule has 88 valence electrons. The Morgan fingerprint density at radius 2 is 2.20 bits per heavy atom. The van der Waals surface area contributed by atoms with Crippen LogP contribution in [0, 0.1) is 11.8 Å². The first kappa shape index (κ1) is 12.5. The van der Waals surface area contributed by atoms with Crippen molar-refractivity contribution in [3.05, 3.63) is 0 Å². The van der Waals surface area contributed by atoms with Crippen molar-refractivity contribution in [2.24, 2.45) is 11.8 Å². The van der Waals surface area contributed by atoms with Gasteiger partial charge in [0.1, 0.15) is 0 Å². The number of carbonyl (C=O) groups excluding carboxylic acids is 1. The van der Waals surface area contributed by atoms with E-state index in [-0.39, 0.29) is 17.9 Å². The van der Waals surface area contributed by atoms with Crippen LogP contribution in [-0.4, -0.2) is 38.3 Å². The summed E-state index contributed by atoms with van der Waals surface area (Å²) in [7, 11) is 0. The van der Waals surface area contributed by atoms with Crippen molar-refractivity contribution in [3.63, 3.8) is 0 Å². The molecule has 0 aromatic carbocycles. The molecule has 2 N–H and O–H groups in total. The van der Waals surface area contributed by atoms with Gasteiger partial charge in [-0.25, -0.2) is 0 Å². The van der Waals surface area contributed by atoms with Crippen LogP contribution in [0.1, 0.15) is 20.8 Å². The number of hydrogen-bond acceptors (Lipinski definition) is 3. The van der Waals surface area contributed by atoms with Crippen LogP contribution < -0.4 is 10.6 Å². The van der Waals surface area contributed by atoms with Crippen LogP contribution in [0.2, 0.25) is 0 Å². The Balaban J connectivity index is 2.32. The van der Waals surface area contributed by atoms with E-state index in [1.807, 2.05) is 6.92 Å². The smallest absolute Gasteiger partial charge is 0.225 e. The molecule has 0 aromatic heterocycles. The van der Waals surface area contributed by atoms with E-state index in [1.165, 1.54) is 0 Å². The fourth-order valence-electron chi connectivity index (χ4n) is 1.42. The molecule has 0 aliphatic carbocycles. The van der Waals surface area contributed by atoms with Crippen LogP contribution in [-0.2, 0) is 9.53 Å². The molecule has 15 heavy (non-hydrogen) atoms. The van der Waals surface area contributed by atoms with Gasteiger partial charge in [0.15, 0.2) is 0 Å². The Morgan fingerprint density at radius 1 is 1.53 bits per heavy atom. The van der Waals surface area contributed by atoms with Crippen LogP contribution in [0.25, 0.3) is 0 Å². The quantitative estimate of drug-likeness (QED) is 0.672. The molecule has 1 aliphatic rings. The maximum absolute atomic E-state index is 11.7. The monoisotopic (exact) mass is 214 g/mol. The molecular weight excluding hydrogens is 192 g/mol. The van der Waals surface area contributed by atoms with Crippen LogP contribution in [0.5, 0.6) is 0 Å². The predicted molar refractivity (Wildman–Crippen MR) is 59.6 cm³/mol. The van der Waals surface area contributed by atoms with E-state index in [0.717, 1.165) is 13.1 Å². The number of nitrogens with one attached hydrogen (secondary N) is 2. The Kier molecular flexibility index (Phi) is 5.05. The molecular formula is C11H22N2O2. The van der Waals surface area contributed by atoms with Gasteiger partial charge in [-0.15, -0.1) is 0 Å². The molecule has 1 unspecified atom stereocenters. The van der Waals surface area contributed by atoms with E-state index in [1.54, 1.807) is 0 Å². The summed E-state index contributed by atoms with van der Waals surface area (Å²) in [6, 6.07) is 0.137. The van der Waals surface area contributed by atoms with Gasteiger partial charge < -0.3 is 15.4 Å². The molecule has 0 saturated carbocycles. The highest BCUT2D eigenvalue weighted by atomic mass is 16.5. The van der Waals surface area contributed by atoms with Crippen molar-refractivity contribution in [1.29, 1.82) is 0 Å². The van der Waals surface area contributed by atoms with Crippen LogP contribution in [0.4, 0.5) is 0 Å². The van der Waals surface area contributed by atoms with Crippen LogP contribution >= 0.6 is 0 Å². The van der Waals surface area contributed by atoms with Gasteiger partial charge in [0.05, 0.1) is 18.6 Å². The van der Waals surface area contributed by atoms with Crippen molar-refractivity contribution in [2.45, 2.75) is 26.8 Å². The topological polar surface area (TPSA) is 50.4 Å². The molecule has 1 aliphatic heterocycles. The number of ether oxygens (including phenoxy) is 1. The first-order valence-electron chi connectivity index (χ1n) is 5.74. The van der Waals surface area contributed by atoms with Crippen molar-refractivity contribution < 1.29 is 9.53 Å². The SMILES string of the molecule is CCOCC(NC(=O)C1CNC1)C(C)C. The normalized spacial score (nSPS) is 18.7. The first-order chi connectivity index (χ1) is 7.15. The van der Waals surface area contributed by atoms with Crippen molar-refractivity contribution in [1.82, 2.24) is 10.6 Å². The summed E-state index contributed by atoms with van der Waals surface area (Å²) in [6.07, 6.45) is 0. The van der Waals surface area contributed by atoms with Gasteiger partial charge in [-0.2, -0.15) is 0 Å². The molecule has 1 saturated heterocycles. The van der Waals surface area contributed by atoms with Crippen molar-refractivity contribution in [3.8, 4) is 0 Å². The van der Waals surface area contributed by atoms with E-state index >= 15 is 0 Å². The molecule has 0 radical (unpaired) electrons. The van der Waals surface area contributed by atoms with Crippen molar-refractivity contribution in [2.75, 3.05) is 26.3 Å². The Morgan fingerprint density at radius 3 is 2.60 bits per heavy atom. The minimum Gasteiger partial charge on any atom is -0.380 e. The van der Waals surface area contributed by atoms with E-state index in [2.05, 4.69) is 24.5 Å². The van der Waals surface area contributed by atoms with Gasteiger partial charge in [0.2, 0.25) is 5.91 Å². The summed E-state index contributed by atoms with van der Waals surface area (Å²) in [4.78, 5) is 11.7. The second kappa shape index (κ2) is 6.08. The highest BCUT2D eigenvalue weighted by Gasteiger charge is 2.27. The summed E-state index contributed by atoms with van der Waals surface area (Å²) in [5, 5.41) is 6.14. The summed E-state index contributed by atoms with van der Waals surface area (Å²) in [6.45, 7) is 9.10. The lowest BCUT2D eigenvalue weighted by molar-refractivity contribution is -0.128. The predicted octanol–water partition coefficient (Wildman–Crippen LogP) is 0.383. The molecule has 1 fully saturated rings. The fourth-order valence-corrected chi connectivity index (χ4v) is 1.42. The lowest BCUT2D eigenvalue weighted by Crippen LogP contribution is -2.54. The second-order valence-corrected chi connectivity index (χ2v) is 4.37. The molecule has 0 spiro atoms. The standard InChI is InChI=1S/C11H22N2O2/c1-4-15-7-10(8(2)3)13-11(14)9-5-12-6-9/h8-10,12H,4-7H2,1-3H3,(H,13,14). The Labute approximate surface area is 91.8 Å². The highest BCUT2D eigenvalue weighted by molar-refractivity contribution is 5.80. The Hall–Kier alpha value is -0.610. The zero-order valence-corrected chi connectivity index (χ0v) is 9.88. The lowest BCUT2D eigenvalue weighted by Gasteiger charge is -2.29. The third-order valence-electron chi connectivity index (χ3n) is 2.79. The van der Waals surface area contributed by atoms with E-state index < -0.39 is 0 Å². The minimum atomic E-state index is 0.137. The fraction of sp³-hybridized carbons (Fsp3) is 0.909. The van der Waals surface area contributed by atoms with Crippen LogP contribution in [0.3, 0.4) is 0 Å². The van der Waals surface area contributed by atoms with Gasteiger partial charge >= 0.3 is 0 Å². The first-order valence-corrected chi connectivity index (χ1v) is 5.74. The van der Waals surface area contributed by atoms with E-state index in [4.69, 9.17) is 4.74 Å². The molecule has 1 rings (SSSR count). The number of rotatable bonds is 6. The molecule has 1 heterocycles. The summed E-state index contributed by atoms with van der Waals surface area (Å²) in [5.74, 6) is 0.730. The van der Waals surface area contributed by atoms with E-state index in [0.29, 0.717) is 19.1 Å².